The molecule has 1 N–H and O–H groups in total. The van der Waals surface area contributed by atoms with Crippen LogP contribution in [0.15, 0.2) is 18.2 Å². The lowest BCUT2D eigenvalue weighted by molar-refractivity contribution is -0.385. The van der Waals surface area contributed by atoms with Crippen molar-refractivity contribution in [3.63, 3.8) is 0 Å². The number of nitro groups is 1. The van der Waals surface area contributed by atoms with E-state index in [1.165, 1.54) is 17.1 Å². The predicted molar refractivity (Wildman–Crippen MR) is 59.3 cm³/mol. The van der Waals surface area contributed by atoms with Gasteiger partial charge in [-0.3, -0.25) is 20.3 Å². The molecule has 0 fully saturated rings. The van der Waals surface area contributed by atoms with E-state index in [-0.39, 0.29) is 16.3 Å². The van der Waals surface area contributed by atoms with E-state index in [9.17, 15) is 14.9 Å². The first kappa shape index (κ1) is 12.4. The zero-order chi connectivity index (χ0) is 12.3. The summed E-state index contributed by atoms with van der Waals surface area (Å²) < 4.78 is 0. The van der Waals surface area contributed by atoms with E-state index in [4.69, 9.17) is 11.6 Å². The number of hydrogen-bond acceptors (Lipinski definition) is 4. The number of nitrogens with one attached hydrogen (secondary N) is 1. The molecule has 0 atom stereocenters. The highest BCUT2D eigenvalue weighted by molar-refractivity contribution is 6.31. The fourth-order valence-electron chi connectivity index (χ4n) is 1.11. The van der Waals surface area contributed by atoms with E-state index in [1.807, 2.05) is 0 Å². The molecule has 86 valence electrons. The van der Waals surface area contributed by atoms with Crippen molar-refractivity contribution in [3.05, 3.63) is 38.9 Å². The first-order chi connectivity index (χ1) is 7.41. The minimum Gasteiger partial charge on any atom is -0.285 e. The van der Waals surface area contributed by atoms with Gasteiger partial charge in [0.2, 0.25) is 0 Å². The number of carbonyl (C=O) groups excluding carboxylic acids is 1. The van der Waals surface area contributed by atoms with Crippen LogP contribution in [0, 0.1) is 10.1 Å². The number of benzene rings is 1. The second-order valence-electron chi connectivity index (χ2n) is 3.25. The maximum Gasteiger partial charge on any atom is 0.283 e. The molecular weight excluding hydrogens is 234 g/mol. The van der Waals surface area contributed by atoms with E-state index in [1.54, 1.807) is 14.1 Å². The molecule has 1 aromatic rings. The van der Waals surface area contributed by atoms with Crippen molar-refractivity contribution in [1.29, 1.82) is 0 Å². The summed E-state index contributed by atoms with van der Waals surface area (Å²) in [4.78, 5) is 21.7. The Morgan fingerprint density at radius 3 is 2.62 bits per heavy atom. The Kier molecular flexibility index (Phi) is 3.81. The Morgan fingerprint density at radius 1 is 1.50 bits per heavy atom. The van der Waals surface area contributed by atoms with Crippen LogP contribution in [0.2, 0.25) is 5.02 Å². The Morgan fingerprint density at radius 2 is 2.12 bits per heavy atom. The van der Waals surface area contributed by atoms with Crippen molar-refractivity contribution in [1.82, 2.24) is 10.4 Å². The number of nitrogens with zero attached hydrogens (tertiary/aromatic N) is 2. The number of amides is 1. The van der Waals surface area contributed by atoms with Crippen molar-refractivity contribution in [2.45, 2.75) is 0 Å². The molecule has 0 bridgehead atoms. The van der Waals surface area contributed by atoms with Crippen LogP contribution >= 0.6 is 11.6 Å². The van der Waals surface area contributed by atoms with Gasteiger partial charge in [-0.25, -0.2) is 5.01 Å². The summed E-state index contributed by atoms with van der Waals surface area (Å²) in [5.41, 5.74) is 2.08. The third-order valence-corrected chi connectivity index (χ3v) is 1.96. The van der Waals surface area contributed by atoms with Crippen LogP contribution in [0.25, 0.3) is 0 Å². The highest BCUT2D eigenvalue weighted by Gasteiger charge is 2.20. The van der Waals surface area contributed by atoms with Gasteiger partial charge in [-0.1, -0.05) is 11.6 Å². The monoisotopic (exact) mass is 243 g/mol. The fourth-order valence-corrected chi connectivity index (χ4v) is 1.28. The number of hydrazine groups is 1. The van der Waals surface area contributed by atoms with Crippen molar-refractivity contribution in [3.8, 4) is 0 Å². The largest absolute Gasteiger partial charge is 0.285 e. The van der Waals surface area contributed by atoms with Gasteiger partial charge in [0.1, 0.15) is 5.56 Å². The average molecular weight is 244 g/mol. The molecule has 1 aromatic carbocycles. The standard InChI is InChI=1S/C9H10ClN3O3/c1-12(2)11-9(14)7-4-3-6(10)5-8(7)13(15)16/h3-5H,1-2H3,(H,11,14). The summed E-state index contributed by atoms with van der Waals surface area (Å²) in [5.74, 6) is -0.548. The van der Waals surface area contributed by atoms with E-state index in [0.717, 1.165) is 6.07 Å². The van der Waals surface area contributed by atoms with Gasteiger partial charge in [0, 0.05) is 25.2 Å². The summed E-state index contributed by atoms with van der Waals surface area (Å²) in [5, 5.41) is 12.3. The zero-order valence-corrected chi connectivity index (χ0v) is 9.49. The van der Waals surface area contributed by atoms with Gasteiger partial charge in [-0.2, -0.15) is 0 Å². The third kappa shape index (κ3) is 2.91. The van der Waals surface area contributed by atoms with E-state index < -0.39 is 10.8 Å². The van der Waals surface area contributed by atoms with E-state index >= 15 is 0 Å². The molecule has 0 radical (unpaired) electrons. The summed E-state index contributed by atoms with van der Waals surface area (Å²) in [6.45, 7) is 0. The minimum atomic E-state index is -0.642. The Bertz CT molecular complexity index is 434. The molecule has 0 heterocycles. The van der Waals surface area contributed by atoms with Crippen molar-refractivity contribution >= 4 is 23.2 Å². The second-order valence-corrected chi connectivity index (χ2v) is 3.69. The van der Waals surface area contributed by atoms with Crippen LogP contribution in [-0.4, -0.2) is 29.9 Å². The van der Waals surface area contributed by atoms with Crippen LogP contribution in [0.5, 0.6) is 0 Å². The Hall–Kier alpha value is -1.66. The molecule has 0 unspecified atom stereocenters. The van der Waals surface area contributed by atoms with E-state index in [0.29, 0.717) is 0 Å². The maximum atomic E-state index is 11.6. The quantitative estimate of drug-likeness (QED) is 0.644. The molecule has 6 nitrogen and oxygen atoms in total. The normalized spacial score (nSPS) is 10.2. The third-order valence-electron chi connectivity index (χ3n) is 1.73. The number of carbonyl (C=O) groups is 1. The van der Waals surface area contributed by atoms with Gasteiger partial charge in [0.05, 0.1) is 4.92 Å². The van der Waals surface area contributed by atoms with Crippen LogP contribution in [-0.2, 0) is 0 Å². The maximum absolute atomic E-state index is 11.6. The Balaban J connectivity index is 3.12. The molecule has 0 aliphatic heterocycles. The second kappa shape index (κ2) is 4.91. The number of nitro benzene ring substituents is 1. The SMILES string of the molecule is CN(C)NC(=O)c1ccc(Cl)cc1[N+](=O)[O-]. The predicted octanol–water partition coefficient (Wildman–Crippen LogP) is 1.45. The molecule has 0 aliphatic rings. The molecule has 0 saturated carbocycles. The van der Waals surface area contributed by atoms with Crippen LogP contribution in [0.1, 0.15) is 10.4 Å². The molecule has 0 aliphatic carbocycles. The van der Waals surface area contributed by atoms with Gasteiger partial charge in [0.25, 0.3) is 11.6 Å². The summed E-state index contributed by atoms with van der Waals surface area (Å²) >= 11 is 5.62. The van der Waals surface area contributed by atoms with Crippen molar-refractivity contribution < 1.29 is 9.72 Å². The summed E-state index contributed by atoms with van der Waals surface area (Å²) in [6, 6.07) is 3.89. The molecule has 16 heavy (non-hydrogen) atoms. The first-order valence-corrected chi connectivity index (χ1v) is 4.72. The summed E-state index contributed by atoms with van der Waals surface area (Å²) in [7, 11) is 3.22. The first-order valence-electron chi connectivity index (χ1n) is 4.34. The molecule has 0 aromatic heterocycles. The molecular formula is C9H10ClN3O3. The lowest BCUT2D eigenvalue weighted by atomic mass is 10.2. The van der Waals surface area contributed by atoms with Crippen LogP contribution in [0.4, 0.5) is 5.69 Å². The van der Waals surface area contributed by atoms with Crippen molar-refractivity contribution in [2.75, 3.05) is 14.1 Å². The van der Waals surface area contributed by atoms with Crippen LogP contribution < -0.4 is 5.43 Å². The highest BCUT2D eigenvalue weighted by atomic mass is 35.5. The van der Waals surface area contributed by atoms with Crippen LogP contribution in [0.3, 0.4) is 0 Å². The average Bonchev–Trinajstić information content (AvgIpc) is 2.16. The molecule has 0 saturated heterocycles. The lowest BCUT2D eigenvalue weighted by Gasteiger charge is -2.11. The number of halogens is 1. The number of rotatable bonds is 3. The zero-order valence-electron chi connectivity index (χ0n) is 8.73. The molecule has 7 heteroatoms. The molecule has 1 amide bonds. The lowest BCUT2D eigenvalue weighted by Crippen LogP contribution is -2.36. The van der Waals surface area contributed by atoms with Gasteiger partial charge in [-0.15, -0.1) is 0 Å². The van der Waals surface area contributed by atoms with E-state index in [2.05, 4.69) is 5.43 Å². The van der Waals surface area contributed by atoms with Crippen molar-refractivity contribution in [2.24, 2.45) is 0 Å². The fraction of sp³-hybridized carbons (Fsp3) is 0.222. The van der Waals surface area contributed by atoms with Gasteiger partial charge >= 0.3 is 0 Å². The van der Waals surface area contributed by atoms with Gasteiger partial charge < -0.3 is 0 Å². The smallest absolute Gasteiger partial charge is 0.283 e. The molecule has 1 rings (SSSR count). The summed E-state index contributed by atoms with van der Waals surface area (Å²) in [6.07, 6.45) is 0. The Labute approximate surface area is 96.9 Å². The van der Waals surface area contributed by atoms with Gasteiger partial charge in [0.15, 0.2) is 0 Å². The topological polar surface area (TPSA) is 75.5 Å². The minimum absolute atomic E-state index is 0.0249. The molecule has 0 spiro atoms. The highest BCUT2D eigenvalue weighted by Crippen LogP contribution is 2.22. The van der Waals surface area contributed by atoms with Gasteiger partial charge in [-0.05, 0) is 12.1 Å². The number of hydrogen-bond donors (Lipinski definition) is 1.